The Hall–Kier alpha value is -4.32. The number of hydrogen-bond acceptors (Lipinski definition) is 6. The lowest BCUT2D eigenvalue weighted by Gasteiger charge is -2.33. The monoisotopic (exact) mass is 556 g/mol. The molecule has 0 aromatic heterocycles. The molecule has 1 N–H and O–H groups in total. The molecule has 206 valence electrons. The SMILES string of the molecule is CNC(=O)[C@@H](Cc1ccccc1)N(Cc1ccccc1F)C(=O)CN(c1cc([N+](=O)[O-])ccc1C)S(C)(=O)=O. The van der Waals surface area contributed by atoms with Crippen molar-refractivity contribution in [1.29, 1.82) is 0 Å². The van der Waals surface area contributed by atoms with E-state index in [1.54, 1.807) is 43.3 Å². The highest BCUT2D eigenvalue weighted by Crippen LogP contribution is 2.28. The second-order valence-corrected chi connectivity index (χ2v) is 10.8. The maximum Gasteiger partial charge on any atom is 0.271 e. The molecular weight excluding hydrogens is 527 g/mol. The van der Waals surface area contributed by atoms with Crippen LogP contribution in [0.15, 0.2) is 72.8 Å². The molecule has 10 nitrogen and oxygen atoms in total. The summed E-state index contributed by atoms with van der Waals surface area (Å²) in [7, 11) is -2.71. The third-order valence-corrected chi connectivity index (χ3v) is 7.29. The summed E-state index contributed by atoms with van der Waals surface area (Å²) in [5, 5.41) is 13.9. The second-order valence-electron chi connectivity index (χ2n) is 8.93. The Morgan fingerprint density at radius 2 is 1.69 bits per heavy atom. The van der Waals surface area contributed by atoms with Gasteiger partial charge in [0.1, 0.15) is 18.4 Å². The van der Waals surface area contributed by atoms with Gasteiger partial charge in [-0.1, -0.05) is 54.6 Å². The smallest absolute Gasteiger partial charge is 0.271 e. The first-order valence-corrected chi connectivity index (χ1v) is 13.8. The maximum absolute atomic E-state index is 14.7. The van der Waals surface area contributed by atoms with E-state index in [-0.39, 0.29) is 29.9 Å². The van der Waals surface area contributed by atoms with Crippen LogP contribution in [0.5, 0.6) is 0 Å². The van der Waals surface area contributed by atoms with E-state index >= 15 is 0 Å². The van der Waals surface area contributed by atoms with Crippen molar-refractivity contribution in [3.63, 3.8) is 0 Å². The van der Waals surface area contributed by atoms with E-state index in [0.717, 1.165) is 27.1 Å². The van der Waals surface area contributed by atoms with Crippen LogP contribution in [0.25, 0.3) is 0 Å². The number of nitro benzene ring substituents is 1. The van der Waals surface area contributed by atoms with E-state index in [2.05, 4.69) is 5.32 Å². The third-order valence-electron chi connectivity index (χ3n) is 6.17. The lowest BCUT2D eigenvalue weighted by Crippen LogP contribution is -2.53. The molecule has 12 heteroatoms. The van der Waals surface area contributed by atoms with Gasteiger partial charge in [-0.3, -0.25) is 24.0 Å². The zero-order chi connectivity index (χ0) is 28.7. The highest BCUT2D eigenvalue weighted by molar-refractivity contribution is 7.92. The Balaban J connectivity index is 2.09. The number of anilines is 1. The van der Waals surface area contributed by atoms with Crippen LogP contribution in [-0.4, -0.2) is 55.9 Å². The molecular formula is C27H29FN4O6S. The number of likely N-dealkylation sites (N-methyl/N-ethyl adjacent to an activating group) is 1. The van der Waals surface area contributed by atoms with Gasteiger partial charge in [-0.25, -0.2) is 12.8 Å². The molecule has 0 bridgehead atoms. The Kier molecular flexibility index (Phi) is 9.36. The van der Waals surface area contributed by atoms with E-state index < -0.39 is 45.2 Å². The van der Waals surface area contributed by atoms with Crippen molar-refractivity contribution in [3.05, 3.63) is 105 Å². The lowest BCUT2D eigenvalue weighted by molar-refractivity contribution is -0.384. The molecule has 0 unspecified atom stereocenters. The molecule has 0 aliphatic carbocycles. The van der Waals surface area contributed by atoms with Gasteiger partial charge >= 0.3 is 0 Å². The van der Waals surface area contributed by atoms with Gasteiger partial charge in [0.25, 0.3) is 5.69 Å². The topological polar surface area (TPSA) is 130 Å². The van der Waals surface area contributed by atoms with Gasteiger partial charge < -0.3 is 10.2 Å². The molecule has 3 aromatic rings. The van der Waals surface area contributed by atoms with E-state index in [1.807, 2.05) is 0 Å². The summed E-state index contributed by atoms with van der Waals surface area (Å²) in [4.78, 5) is 38.7. The molecule has 3 rings (SSSR count). The minimum atomic E-state index is -4.11. The van der Waals surface area contributed by atoms with Crippen molar-refractivity contribution in [3.8, 4) is 0 Å². The van der Waals surface area contributed by atoms with Crippen molar-refractivity contribution >= 4 is 33.2 Å². The van der Waals surface area contributed by atoms with Crippen LogP contribution in [0.4, 0.5) is 15.8 Å². The van der Waals surface area contributed by atoms with Gasteiger partial charge in [0.15, 0.2) is 0 Å². The fraction of sp³-hybridized carbons (Fsp3) is 0.259. The van der Waals surface area contributed by atoms with E-state index in [4.69, 9.17) is 0 Å². The zero-order valence-corrected chi connectivity index (χ0v) is 22.5. The van der Waals surface area contributed by atoms with Crippen LogP contribution < -0.4 is 9.62 Å². The van der Waals surface area contributed by atoms with Gasteiger partial charge in [-0.15, -0.1) is 0 Å². The number of hydrogen-bond donors (Lipinski definition) is 1. The van der Waals surface area contributed by atoms with Crippen molar-refractivity contribution in [2.75, 3.05) is 24.2 Å². The van der Waals surface area contributed by atoms with Crippen LogP contribution in [0.2, 0.25) is 0 Å². The molecule has 0 aliphatic rings. The molecule has 0 aliphatic heterocycles. The minimum Gasteiger partial charge on any atom is -0.357 e. The van der Waals surface area contributed by atoms with Crippen LogP contribution in [0.1, 0.15) is 16.7 Å². The minimum absolute atomic E-state index is 0.0505. The number of nitro groups is 1. The number of amides is 2. The first kappa shape index (κ1) is 29.2. The molecule has 0 radical (unpaired) electrons. The molecule has 0 spiro atoms. The maximum atomic E-state index is 14.7. The Morgan fingerprint density at radius 1 is 1.05 bits per heavy atom. The summed E-state index contributed by atoms with van der Waals surface area (Å²) in [5.74, 6) is -1.92. The highest BCUT2D eigenvalue weighted by Gasteiger charge is 2.33. The first-order valence-electron chi connectivity index (χ1n) is 11.9. The summed E-state index contributed by atoms with van der Waals surface area (Å²) in [6.07, 6.45) is 0.954. The fourth-order valence-electron chi connectivity index (χ4n) is 4.11. The number of aryl methyl sites for hydroxylation is 1. The van der Waals surface area contributed by atoms with Crippen LogP contribution in [0, 0.1) is 22.9 Å². The molecule has 0 saturated heterocycles. The molecule has 3 aromatic carbocycles. The zero-order valence-electron chi connectivity index (χ0n) is 21.7. The van der Waals surface area contributed by atoms with Crippen LogP contribution in [0.3, 0.4) is 0 Å². The van der Waals surface area contributed by atoms with Gasteiger partial charge in [-0.05, 0) is 24.1 Å². The number of carbonyl (C=O) groups is 2. The molecule has 2 amide bonds. The van der Waals surface area contributed by atoms with E-state index in [0.29, 0.717) is 5.56 Å². The van der Waals surface area contributed by atoms with E-state index in [1.165, 1.54) is 37.4 Å². The average Bonchev–Trinajstić information content (AvgIpc) is 2.90. The fourth-order valence-corrected chi connectivity index (χ4v) is 5.00. The number of non-ortho nitro benzene ring substituents is 1. The van der Waals surface area contributed by atoms with E-state index in [9.17, 15) is 32.5 Å². The summed E-state index contributed by atoms with van der Waals surface area (Å²) in [5.41, 5.74) is 0.835. The van der Waals surface area contributed by atoms with Crippen LogP contribution >= 0.6 is 0 Å². The number of nitrogens with one attached hydrogen (secondary N) is 1. The normalized spacial score (nSPS) is 11.9. The van der Waals surface area contributed by atoms with Gasteiger partial charge in [0.2, 0.25) is 21.8 Å². The highest BCUT2D eigenvalue weighted by atomic mass is 32.2. The molecule has 1 atom stereocenters. The summed E-state index contributed by atoms with van der Waals surface area (Å²) >= 11 is 0. The number of carbonyl (C=O) groups excluding carboxylic acids is 2. The predicted molar refractivity (Wildman–Crippen MR) is 145 cm³/mol. The second kappa shape index (κ2) is 12.5. The summed E-state index contributed by atoms with van der Waals surface area (Å²) in [6, 6.07) is 17.2. The van der Waals surface area contributed by atoms with Crippen molar-refractivity contribution < 1.29 is 27.3 Å². The molecule has 39 heavy (non-hydrogen) atoms. The number of halogens is 1. The van der Waals surface area contributed by atoms with Gasteiger partial charge in [-0.2, -0.15) is 0 Å². The third kappa shape index (κ3) is 7.38. The number of benzene rings is 3. The summed E-state index contributed by atoms with van der Waals surface area (Å²) in [6.45, 7) is 0.473. The number of sulfonamides is 1. The Morgan fingerprint density at radius 3 is 2.28 bits per heavy atom. The first-order chi connectivity index (χ1) is 18.4. The lowest BCUT2D eigenvalue weighted by atomic mass is 10.0. The molecule has 0 saturated carbocycles. The Labute approximate surface area is 226 Å². The number of rotatable bonds is 11. The Bertz CT molecular complexity index is 1470. The predicted octanol–water partition coefficient (Wildman–Crippen LogP) is 3.19. The van der Waals surface area contributed by atoms with Crippen LogP contribution in [-0.2, 0) is 32.6 Å². The summed E-state index contributed by atoms with van der Waals surface area (Å²) < 4.78 is 41.1. The van der Waals surface area contributed by atoms with Crippen molar-refractivity contribution in [2.24, 2.45) is 0 Å². The van der Waals surface area contributed by atoms with Gasteiger partial charge in [0, 0.05) is 37.7 Å². The standard InChI is InChI=1S/C27H29FN4O6S/c1-19-13-14-22(32(35)36)16-24(19)31(39(3,37)38)18-26(33)30(17-21-11-7-8-12-23(21)28)25(27(34)29-2)15-20-9-5-4-6-10-20/h4-14,16,25H,15,17-18H2,1-3H3,(H,29,34)/t25-/m1/s1. The molecule has 0 heterocycles. The largest absolute Gasteiger partial charge is 0.357 e. The number of nitrogens with zero attached hydrogens (tertiary/aromatic N) is 3. The molecule has 0 fully saturated rings. The van der Waals surface area contributed by atoms with Crippen molar-refractivity contribution in [2.45, 2.75) is 25.9 Å². The average molecular weight is 557 g/mol. The van der Waals surface area contributed by atoms with Crippen molar-refractivity contribution in [1.82, 2.24) is 10.2 Å². The van der Waals surface area contributed by atoms with Gasteiger partial charge in [0.05, 0.1) is 16.9 Å². The quantitative estimate of drug-likeness (QED) is 0.285.